The SMILES string of the molecule is COc1cc(Br)c2c(c1)[C@H](N)CC2(C)C. The van der Waals surface area contributed by atoms with E-state index in [0.29, 0.717) is 0 Å². The zero-order valence-corrected chi connectivity index (χ0v) is 10.9. The van der Waals surface area contributed by atoms with E-state index in [-0.39, 0.29) is 11.5 Å². The Balaban J connectivity index is 2.63. The summed E-state index contributed by atoms with van der Waals surface area (Å²) >= 11 is 3.61. The molecule has 1 atom stereocenters. The van der Waals surface area contributed by atoms with E-state index in [4.69, 9.17) is 10.5 Å². The molecule has 0 fully saturated rings. The highest BCUT2D eigenvalue weighted by molar-refractivity contribution is 9.10. The van der Waals surface area contributed by atoms with E-state index in [1.165, 1.54) is 11.1 Å². The van der Waals surface area contributed by atoms with Gasteiger partial charge in [0, 0.05) is 10.5 Å². The van der Waals surface area contributed by atoms with Crippen LogP contribution < -0.4 is 10.5 Å². The van der Waals surface area contributed by atoms with Crippen LogP contribution in [0.5, 0.6) is 5.75 Å². The van der Waals surface area contributed by atoms with Crippen molar-refractivity contribution < 1.29 is 4.74 Å². The molecule has 0 unspecified atom stereocenters. The van der Waals surface area contributed by atoms with Crippen molar-refractivity contribution in [2.24, 2.45) is 5.73 Å². The van der Waals surface area contributed by atoms with Crippen molar-refractivity contribution in [3.05, 3.63) is 27.7 Å². The first-order valence-corrected chi connectivity index (χ1v) is 5.88. The molecule has 0 saturated heterocycles. The maximum Gasteiger partial charge on any atom is 0.120 e. The van der Waals surface area contributed by atoms with Gasteiger partial charge in [-0.25, -0.2) is 0 Å². The highest BCUT2D eigenvalue weighted by atomic mass is 79.9. The van der Waals surface area contributed by atoms with Crippen LogP contribution in [0.2, 0.25) is 0 Å². The quantitative estimate of drug-likeness (QED) is 0.850. The number of methoxy groups -OCH3 is 1. The van der Waals surface area contributed by atoms with Gasteiger partial charge in [0.15, 0.2) is 0 Å². The largest absolute Gasteiger partial charge is 0.497 e. The standard InChI is InChI=1S/C12H16BrNO/c1-12(2)6-10(14)8-4-7(15-3)5-9(13)11(8)12/h4-5,10H,6,14H2,1-3H3/t10-/m1/s1. The lowest BCUT2D eigenvalue weighted by molar-refractivity contribution is 0.413. The molecule has 2 rings (SSSR count). The number of hydrogen-bond donors (Lipinski definition) is 1. The summed E-state index contributed by atoms with van der Waals surface area (Å²) in [4.78, 5) is 0. The molecule has 0 aliphatic heterocycles. The third-order valence-corrected chi connectivity index (χ3v) is 3.76. The number of ether oxygens (including phenoxy) is 1. The van der Waals surface area contributed by atoms with E-state index >= 15 is 0 Å². The molecule has 0 amide bonds. The number of benzene rings is 1. The van der Waals surface area contributed by atoms with E-state index in [0.717, 1.165) is 16.6 Å². The van der Waals surface area contributed by atoms with E-state index in [2.05, 4.69) is 35.8 Å². The van der Waals surface area contributed by atoms with Crippen molar-refractivity contribution in [1.82, 2.24) is 0 Å². The lowest BCUT2D eigenvalue weighted by Crippen LogP contribution is -2.14. The summed E-state index contributed by atoms with van der Waals surface area (Å²) in [6.45, 7) is 4.46. The van der Waals surface area contributed by atoms with Gasteiger partial charge in [-0.15, -0.1) is 0 Å². The number of rotatable bonds is 1. The Kier molecular flexibility index (Phi) is 2.55. The van der Waals surface area contributed by atoms with Gasteiger partial charge >= 0.3 is 0 Å². The lowest BCUT2D eigenvalue weighted by Gasteiger charge is -2.20. The minimum absolute atomic E-state index is 0.126. The van der Waals surface area contributed by atoms with E-state index in [1.807, 2.05) is 6.07 Å². The van der Waals surface area contributed by atoms with Crippen molar-refractivity contribution in [3.63, 3.8) is 0 Å². The van der Waals surface area contributed by atoms with E-state index < -0.39 is 0 Å². The highest BCUT2D eigenvalue weighted by Crippen LogP contribution is 2.48. The Bertz CT molecular complexity index is 401. The van der Waals surface area contributed by atoms with E-state index in [9.17, 15) is 0 Å². The van der Waals surface area contributed by atoms with Crippen LogP contribution in [0.3, 0.4) is 0 Å². The number of halogens is 1. The minimum Gasteiger partial charge on any atom is -0.497 e. The highest BCUT2D eigenvalue weighted by Gasteiger charge is 2.37. The molecule has 0 heterocycles. The topological polar surface area (TPSA) is 35.2 Å². The molecular formula is C12H16BrNO. The molecular weight excluding hydrogens is 254 g/mol. The molecule has 2 nitrogen and oxygen atoms in total. The normalized spacial score (nSPS) is 22.6. The monoisotopic (exact) mass is 269 g/mol. The summed E-state index contributed by atoms with van der Waals surface area (Å²) in [6, 6.07) is 4.19. The fourth-order valence-electron chi connectivity index (χ4n) is 2.49. The second kappa shape index (κ2) is 3.49. The molecule has 1 aliphatic rings. The van der Waals surface area contributed by atoms with Crippen LogP contribution in [-0.2, 0) is 5.41 Å². The first-order chi connectivity index (χ1) is 6.95. The van der Waals surface area contributed by atoms with Crippen molar-refractivity contribution in [3.8, 4) is 5.75 Å². The summed E-state index contributed by atoms with van der Waals surface area (Å²) in [5, 5.41) is 0. The lowest BCUT2D eigenvalue weighted by atomic mass is 9.86. The van der Waals surface area contributed by atoms with Crippen LogP contribution in [0.15, 0.2) is 16.6 Å². The van der Waals surface area contributed by atoms with Gasteiger partial charge in [-0.3, -0.25) is 0 Å². The first-order valence-electron chi connectivity index (χ1n) is 5.09. The van der Waals surface area contributed by atoms with Gasteiger partial charge in [0.2, 0.25) is 0 Å². The molecule has 0 spiro atoms. The van der Waals surface area contributed by atoms with E-state index in [1.54, 1.807) is 7.11 Å². The molecule has 3 heteroatoms. The fraction of sp³-hybridized carbons (Fsp3) is 0.500. The van der Waals surface area contributed by atoms with Crippen molar-refractivity contribution in [2.75, 3.05) is 7.11 Å². The first kappa shape index (κ1) is 11.0. The molecule has 2 N–H and O–H groups in total. The number of hydrogen-bond acceptors (Lipinski definition) is 2. The maximum absolute atomic E-state index is 6.14. The predicted octanol–water partition coefficient (Wildman–Crippen LogP) is 3.14. The van der Waals surface area contributed by atoms with Gasteiger partial charge in [-0.2, -0.15) is 0 Å². The Hall–Kier alpha value is -0.540. The summed E-state index contributed by atoms with van der Waals surface area (Å²) in [6.07, 6.45) is 0.994. The third kappa shape index (κ3) is 1.68. The third-order valence-electron chi connectivity index (χ3n) is 3.14. The van der Waals surface area contributed by atoms with Crippen LogP contribution in [0.4, 0.5) is 0 Å². The molecule has 1 aromatic carbocycles. The smallest absolute Gasteiger partial charge is 0.120 e. The zero-order valence-electron chi connectivity index (χ0n) is 9.30. The number of fused-ring (bicyclic) bond motifs is 1. The number of nitrogens with two attached hydrogens (primary N) is 1. The van der Waals surface area contributed by atoms with Crippen LogP contribution in [-0.4, -0.2) is 7.11 Å². The summed E-state index contributed by atoms with van der Waals surface area (Å²) in [7, 11) is 1.68. The van der Waals surface area contributed by atoms with Gasteiger partial charge in [0.1, 0.15) is 5.75 Å². The fourth-order valence-corrected chi connectivity index (χ4v) is 3.48. The molecule has 0 bridgehead atoms. The van der Waals surface area contributed by atoms with Gasteiger partial charge in [0.25, 0.3) is 0 Å². The Morgan fingerprint density at radius 2 is 2.13 bits per heavy atom. The van der Waals surface area contributed by atoms with Gasteiger partial charge in [-0.1, -0.05) is 29.8 Å². The summed E-state index contributed by atoms with van der Waals surface area (Å²) in [5.74, 6) is 0.869. The van der Waals surface area contributed by atoms with Crippen LogP contribution >= 0.6 is 15.9 Å². The molecule has 1 aromatic rings. The van der Waals surface area contributed by atoms with Gasteiger partial charge in [0.05, 0.1) is 7.11 Å². The maximum atomic E-state index is 6.14. The average molecular weight is 270 g/mol. The Morgan fingerprint density at radius 1 is 1.47 bits per heavy atom. The zero-order chi connectivity index (χ0) is 11.2. The molecule has 0 aromatic heterocycles. The average Bonchev–Trinajstić information content (AvgIpc) is 2.37. The summed E-state index contributed by atoms with van der Waals surface area (Å²) in [5.41, 5.74) is 8.83. The second-order valence-electron chi connectivity index (χ2n) is 4.77. The molecule has 0 radical (unpaired) electrons. The molecule has 0 saturated carbocycles. The van der Waals surface area contributed by atoms with Crippen LogP contribution in [0.25, 0.3) is 0 Å². The van der Waals surface area contributed by atoms with Gasteiger partial charge < -0.3 is 10.5 Å². The van der Waals surface area contributed by atoms with Crippen molar-refractivity contribution >= 4 is 15.9 Å². The molecule has 15 heavy (non-hydrogen) atoms. The van der Waals surface area contributed by atoms with Crippen LogP contribution in [0, 0.1) is 0 Å². The molecule has 1 aliphatic carbocycles. The Labute approximate surface area is 98.9 Å². The van der Waals surface area contributed by atoms with Crippen molar-refractivity contribution in [2.45, 2.75) is 31.7 Å². The minimum atomic E-state index is 0.126. The van der Waals surface area contributed by atoms with Gasteiger partial charge in [-0.05, 0) is 35.1 Å². The summed E-state index contributed by atoms with van der Waals surface area (Å²) < 4.78 is 6.36. The second-order valence-corrected chi connectivity index (χ2v) is 5.62. The van der Waals surface area contributed by atoms with Crippen LogP contribution in [0.1, 0.15) is 37.4 Å². The molecule has 82 valence electrons. The Morgan fingerprint density at radius 3 is 2.73 bits per heavy atom. The van der Waals surface area contributed by atoms with Crippen molar-refractivity contribution in [1.29, 1.82) is 0 Å². The predicted molar refractivity (Wildman–Crippen MR) is 65.3 cm³/mol.